The number of piperidine rings is 1. The van der Waals surface area contributed by atoms with Crippen LogP contribution in [0.25, 0.3) is 11.0 Å². The summed E-state index contributed by atoms with van der Waals surface area (Å²) < 4.78 is 22.2. The highest BCUT2D eigenvalue weighted by Crippen LogP contribution is 2.33. The molecule has 4 heterocycles. The number of nitrogens with zero attached hydrogens (tertiary/aromatic N) is 5. The van der Waals surface area contributed by atoms with Gasteiger partial charge < -0.3 is 19.7 Å². The minimum atomic E-state index is -0.949. The molecular formula is C32H33FN6O3. The Morgan fingerprint density at radius 2 is 1.98 bits per heavy atom. The van der Waals surface area contributed by atoms with Crippen molar-refractivity contribution >= 4 is 22.8 Å². The molecule has 2 N–H and O–H groups in total. The van der Waals surface area contributed by atoms with Crippen LogP contribution >= 0.6 is 0 Å². The van der Waals surface area contributed by atoms with E-state index in [9.17, 15) is 14.3 Å². The number of carboxylic acid groups (broad SMARTS) is 1. The second kappa shape index (κ2) is 11.9. The van der Waals surface area contributed by atoms with Gasteiger partial charge in [-0.1, -0.05) is 12.1 Å². The number of likely N-dealkylation sites (tertiary alicyclic amines) is 1. The van der Waals surface area contributed by atoms with Gasteiger partial charge >= 0.3 is 5.97 Å². The van der Waals surface area contributed by atoms with Crippen molar-refractivity contribution in [3.05, 3.63) is 88.6 Å². The number of aromatic nitrogens is 3. The fourth-order valence-corrected chi connectivity index (χ4v) is 5.89. The van der Waals surface area contributed by atoms with Crippen LogP contribution in [0.2, 0.25) is 0 Å². The van der Waals surface area contributed by atoms with Crippen molar-refractivity contribution in [1.82, 2.24) is 19.4 Å². The summed E-state index contributed by atoms with van der Waals surface area (Å²) in [4.78, 5) is 23.9. The zero-order valence-electron chi connectivity index (χ0n) is 23.5. The molecule has 0 radical (unpaired) electrons. The van der Waals surface area contributed by atoms with Crippen LogP contribution in [0.1, 0.15) is 71.1 Å². The van der Waals surface area contributed by atoms with Crippen molar-refractivity contribution in [2.24, 2.45) is 0 Å². The number of carboxylic acids is 1. The van der Waals surface area contributed by atoms with Crippen LogP contribution in [0.5, 0.6) is 0 Å². The fraction of sp³-hybridized carbons (Fsp3) is 0.375. The van der Waals surface area contributed by atoms with Crippen LogP contribution in [-0.4, -0.2) is 56.3 Å². The van der Waals surface area contributed by atoms with Crippen LogP contribution in [0.3, 0.4) is 0 Å². The number of benzene rings is 2. The third-order valence-electron chi connectivity index (χ3n) is 8.49. The van der Waals surface area contributed by atoms with Gasteiger partial charge in [0.2, 0.25) is 0 Å². The lowest BCUT2D eigenvalue weighted by Crippen LogP contribution is -2.37. The van der Waals surface area contributed by atoms with Gasteiger partial charge in [-0.05, 0) is 81.7 Å². The number of nitrogens with one attached hydrogen (secondary N) is 1. The molecule has 6 rings (SSSR count). The number of imidazole rings is 1. The number of fused-ring (bicyclic) bond motifs is 1. The molecule has 216 valence electrons. The standard InChI is InChI=1S/C32H33FN6O3/c1-20(31-37-28-8-7-23(32(40)41)16-29(28)39(31)19-25-11-14-42-25)38-12-9-22(10-13-38)27-3-2-4-30(36-27)35-18-24-6-5-21(17-34)15-26(24)33/h2-8,15-16,20,22,25H,9-14,18-19H2,1H3,(H,35,36)(H,40,41)/t20-,25-/m0/s1. The number of halogens is 1. The smallest absolute Gasteiger partial charge is 0.335 e. The third kappa shape index (κ3) is 5.71. The topological polar surface area (TPSA) is 116 Å². The van der Waals surface area contributed by atoms with E-state index >= 15 is 0 Å². The molecule has 0 bridgehead atoms. The Morgan fingerprint density at radius 1 is 1.17 bits per heavy atom. The lowest BCUT2D eigenvalue weighted by atomic mass is 9.92. The van der Waals surface area contributed by atoms with E-state index < -0.39 is 11.8 Å². The quantitative estimate of drug-likeness (QED) is 0.273. The van der Waals surface area contributed by atoms with Gasteiger partial charge in [0.1, 0.15) is 17.5 Å². The van der Waals surface area contributed by atoms with Crippen LogP contribution in [0.15, 0.2) is 54.6 Å². The first-order chi connectivity index (χ1) is 20.4. The predicted molar refractivity (Wildman–Crippen MR) is 156 cm³/mol. The number of nitriles is 1. The van der Waals surface area contributed by atoms with E-state index in [1.165, 1.54) is 6.07 Å². The van der Waals surface area contributed by atoms with Crippen molar-refractivity contribution in [3.8, 4) is 6.07 Å². The van der Waals surface area contributed by atoms with Crippen LogP contribution in [-0.2, 0) is 17.8 Å². The molecule has 42 heavy (non-hydrogen) atoms. The monoisotopic (exact) mass is 568 g/mol. The van der Waals surface area contributed by atoms with Crippen molar-refractivity contribution < 1.29 is 19.0 Å². The molecule has 0 unspecified atom stereocenters. The molecule has 2 fully saturated rings. The van der Waals surface area contributed by atoms with Crippen LogP contribution < -0.4 is 5.32 Å². The molecule has 2 aliphatic heterocycles. The maximum Gasteiger partial charge on any atom is 0.335 e. The summed E-state index contributed by atoms with van der Waals surface area (Å²) in [6.07, 6.45) is 2.99. The van der Waals surface area contributed by atoms with Gasteiger partial charge in [-0.2, -0.15) is 5.26 Å². The van der Waals surface area contributed by atoms with E-state index in [-0.39, 0.29) is 24.3 Å². The Balaban J connectivity index is 1.13. The number of hydrogen-bond donors (Lipinski definition) is 2. The normalized spacial score (nSPS) is 18.4. The fourth-order valence-electron chi connectivity index (χ4n) is 5.89. The van der Waals surface area contributed by atoms with Gasteiger partial charge in [-0.25, -0.2) is 19.2 Å². The molecule has 2 aromatic heterocycles. The summed E-state index contributed by atoms with van der Waals surface area (Å²) in [5.74, 6) is 0.577. The summed E-state index contributed by atoms with van der Waals surface area (Å²) >= 11 is 0. The minimum Gasteiger partial charge on any atom is -0.478 e. The van der Waals surface area contributed by atoms with Crippen molar-refractivity contribution in [2.45, 2.75) is 57.3 Å². The number of hydrogen-bond acceptors (Lipinski definition) is 7. The Hall–Kier alpha value is -4.33. The van der Waals surface area contributed by atoms with Gasteiger partial charge in [-0.15, -0.1) is 0 Å². The van der Waals surface area contributed by atoms with E-state index in [4.69, 9.17) is 20.0 Å². The Labute approximate surface area is 243 Å². The molecule has 2 aliphatic rings. The van der Waals surface area contributed by atoms with Crippen molar-refractivity contribution in [3.63, 3.8) is 0 Å². The van der Waals surface area contributed by atoms with Gasteiger partial charge in [0, 0.05) is 30.3 Å². The van der Waals surface area contributed by atoms with Gasteiger partial charge in [0.25, 0.3) is 0 Å². The average Bonchev–Trinajstić information content (AvgIpc) is 3.35. The van der Waals surface area contributed by atoms with Gasteiger partial charge in [-0.3, -0.25) is 4.90 Å². The molecule has 2 aromatic carbocycles. The van der Waals surface area contributed by atoms with Crippen molar-refractivity contribution in [1.29, 1.82) is 5.26 Å². The SMILES string of the molecule is C[C@@H](c1nc2ccc(C(=O)O)cc2n1C[C@@H]1CCO1)N1CCC(c2cccc(NCc3ccc(C#N)cc3F)n2)CC1. The summed E-state index contributed by atoms with van der Waals surface area (Å²) in [7, 11) is 0. The average molecular weight is 569 g/mol. The molecule has 0 amide bonds. The zero-order chi connectivity index (χ0) is 29.2. The number of carbonyl (C=O) groups is 1. The number of pyridine rings is 1. The number of rotatable bonds is 9. The molecular weight excluding hydrogens is 535 g/mol. The number of aromatic carboxylic acids is 1. The lowest BCUT2D eigenvalue weighted by Gasteiger charge is -2.36. The summed E-state index contributed by atoms with van der Waals surface area (Å²) in [5.41, 5.74) is 3.68. The Bertz CT molecular complexity index is 1650. The molecule has 4 aromatic rings. The molecule has 10 heteroatoms. The first kappa shape index (κ1) is 27.8. The molecule has 2 atom stereocenters. The Morgan fingerprint density at radius 3 is 2.67 bits per heavy atom. The molecule has 0 aliphatic carbocycles. The Kier molecular flexibility index (Phi) is 7.87. The molecule has 9 nitrogen and oxygen atoms in total. The maximum atomic E-state index is 14.3. The first-order valence-corrected chi connectivity index (χ1v) is 14.4. The van der Waals surface area contributed by atoms with Crippen molar-refractivity contribution in [2.75, 3.05) is 25.0 Å². The number of ether oxygens (including phenoxy) is 1. The largest absolute Gasteiger partial charge is 0.478 e. The summed E-state index contributed by atoms with van der Waals surface area (Å²) in [6.45, 7) is 5.63. The third-order valence-corrected chi connectivity index (χ3v) is 8.49. The molecule has 2 saturated heterocycles. The minimum absolute atomic E-state index is 0.0509. The van der Waals surface area contributed by atoms with Gasteiger partial charge in [0.15, 0.2) is 0 Å². The van der Waals surface area contributed by atoms with Crippen LogP contribution in [0.4, 0.5) is 10.2 Å². The summed E-state index contributed by atoms with van der Waals surface area (Å²) in [6, 6.07) is 17.5. The zero-order valence-corrected chi connectivity index (χ0v) is 23.5. The highest BCUT2D eigenvalue weighted by atomic mass is 19.1. The van der Waals surface area contributed by atoms with E-state index in [2.05, 4.69) is 27.8 Å². The van der Waals surface area contributed by atoms with Crippen LogP contribution in [0, 0.1) is 17.1 Å². The van der Waals surface area contributed by atoms with Gasteiger partial charge in [0.05, 0.1) is 46.9 Å². The highest BCUT2D eigenvalue weighted by molar-refractivity contribution is 5.92. The summed E-state index contributed by atoms with van der Waals surface area (Å²) in [5, 5.41) is 21.7. The van der Waals surface area contributed by atoms with E-state index in [0.717, 1.165) is 61.5 Å². The predicted octanol–water partition coefficient (Wildman–Crippen LogP) is 5.48. The number of anilines is 1. The molecule has 0 spiro atoms. The van der Waals surface area contributed by atoms with E-state index in [1.54, 1.807) is 30.3 Å². The maximum absolute atomic E-state index is 14.3. The molecule has 0 saturated carbocycles. The first-order valence-electron chi connectivity index (χ1n) is 14.4. The second-order valence-corrected chi connectivity index (χ2v) is 11.1. The van der Waals surface area contributed by atoms with E-state index in [0.29, 0.717) is 29.4 Å². The lowest BCUT2D eigenvalue weighted by molar-refractivity contribution is -0.0594. The van der Waals surface area contributed by atoms with E-state index in [1.807, 2.05) is 18.2 Å². The second-order valence-electron chi connectivity index (χ2n) is 11.1. The highest BCUT2D eigenvalue weighted by Gasteiger charge is 2.30.